The van der Waals surface area contributed by atoms with Crippen LogP contribution in [0.2, 0.25) is 0 Å². The highest BCUT2D eigenvalue weighted by molar-refractivity contribution is 7.80. The van der Waals surface area contributed by atoms with Gasteiger partial charge < -0.3 is 10.6 Å². The number of carbonyl (C=O) groups excluding carboxylic acids is 1. The molecule has 1 aromatic heterocycles. The van der Waals surface area contributed by atoms with Crippen molar-refractivity contribution in [2.24, 2.45) is 5.73 Å². The molecule has 1 rings (SSSR count). The van der Waals surface area contributed by atoms with Crippen molar-refractivity contribution in [1.29, 1.82) is 0 Å². The number of nitrogens with zero attached hydrogens (tertiary/aromatic N) is 1. The van der Waals surface area contributed by atoms with Crippen molar-refractivity contribution < 1.29 is 4.79 Å². The highest BCUT2D eigenvalue weighted by Crippen LogP contribution is 2.18. The molecule has 0 aliphatic carbocycles. The van der Waals surface area contributed by atoms with Crippen LogP contribution in [0.4, 0.5) is 0 Å². The number of aryl methyl sites for hydroxylation is 1. The molecule has 0 aromatic carbocycles. The average Bonchev–Trinajstić information content (AvgIpc) is 2.73. The molecule has 1 aromatic rings. The zero-order valence-corrected chi connectivity index (χ0v) is 11.2. The molecular formula is C11H16N2OS2. The molecule has 0 aliphatic heterocycles. The van der Waals surface area contributed by atoms with E-state index in [0.717, 1.165) is 11.3 Å². The van der Waals surface area contributed by atoms with Crippen LogP contribution >= 0.6 is 23.6 Å². The summed E-state index contributed by atoms with van der Waals surface area (Å²) in [5, 5.41) is 0. The van der Waals surface area contributed by atoms with E-state index in [1.807, 2.05) is 19.1 Å². The van der Waals surface area contributed by atoms with Crippen molar-refractivity contribution in [3.63, 3.8) is 0 Å². The maximum atomic E-state index is 12.1. The van der Waals surface area contributed by atoms with Gasteiger partial charge in [-0.15, -0.1) is 11.3 Å². The molecule has 0 saturated heterocycles. The van der Waals surface area contributed by atoms with Gasteiger partial charge in [0.05, 0.1) is 16.4 Å². The predicted molar refractivity (Wildman–Crippen MR) is 72.1 cm³/mol. The number of amides is 1. The molecular weight excluding hydrogens is 240 g/mol. The van der Waals surface area contributed by atoms with Crippen molar-refractivity contribution in [2.45, 2.75) is 20.3 Å². The molecule has 0 radical (unpaired) electrons. The first-order valence-corrected chi connectivity index (χ1v) is 6.47. The number of hydrogen-bond acceptors (Lipinski definition) is 3. The minimum absolute atomic E-state index is 0.0139. The molecule has 0 fully saturated rings. The van der Waals surface area contributed by atoms with Crippen LogP contribution in [0.3, 0.4) is 0 Å². The van der Waals surface area contributed by atoms with Gasteiger partial charge in [0, 0.05) is 11.4 Å². The minimum atomic E-state index is 0.0139. The summed E-state index contributed by atoms with van der Waals surface area (Å²) >= 11 is 6.36. The van der Waals surface area contributed by atoms with Gasteiger partial charge in [-0.2, -0.15) is 0 Å². The van der Waals surface area contributed by atoms with Crippen LogP contribution in [0, 0.1) is 0 Å². The first-order chi connectivity index (χ1) is 7.58. The van der Waals surface area contributed by atoms with Crippen molar-refractivity contribution in [3.05, 3.63) is 21.9 Å². The third kappa shape index (κ3) is 3.28. The van der Waals surface area contributed by atoms with Gasteiger partial charge in [0.15, 0.2) is 0 Å². The Labute approximate surface area is 105 Å². The van der Waals surface area contributed by atoms with Crippen molar-refractivity contribution in [2.75, 3.05) is 13.1 Å². The smallest absolute Gasteiger partial charge is 0.264 e. The highest BCUT2D eigenvalue weighted by Gasteiger charge is 2.16. The van der Waals surface area contributed by atoms with Gasteiger partial charge in [0.25, 0.3) is 5.91 Å². The molecule has 0 spiro atoms. The first-order valence-electron chi connectivity index (χ1n) is 5.24. The zero-order valence-electron chi connectivity index (χ0n) is 9.53. The summed E-state index contributed by atoms with van der Waals surface area (Å²) in [6.07, 6.45) is 0.958. The Morgan fingerprint density at radius 1 is 1.50 bits per heavy atom. The van der Waals surface area contributed by atoms with Crippen molar-refractivity contribution in [3.8, 4) is 0 Å². The van der Waals surface area contributed by atoms with E-state index in [9.17, 15) is 4.79 Å². The normalized spacial score (nSPS) is 10.1. The Kier molecular flexibility index (Phi) is 4.89. The topological polar surface area (TPSA) is 46.3 Å². The van der Waals surface area contributed by atoms with Crippen molar-refractivity contribution in [1.82, 2.24) is 4.90 Å². The lowest BCUT2D eigenvalue weighted by Gasteiger charge is -2.18. The molecule has 2 N–H and O–H groups in total. The summed E-state index contributed by atoms with van der Waals surface area (Å²) in [6, 6.07) is 3.86. The maximum Gasteiger partial charge on any atom is 0.264 e. The van der Waals surface area contributed by atoms with E-state index in [0.29, 0.717) is 18.1 Å². The fourth-order valence-electron chi connectivity index (χ4n) is 1.35. The van der Waals surface area contributed by atoms with Crippen LogP contribution in [0.1, 0.15) is 28.4 Å². The predicted octanol–water partition coefficient (Wildman–Crippen LogP) is 2.06. The van der Waals surface area contributed by atoms with E-state index in [4.69, 9.17) is 18.0 Å². The van der Waals surface area contributed by atoms with E-state index in [1.165, 1.54) is 16.2 Å². The van der Waals surface area contributed by atoms with Crippen LogP contribution in [0.5, 0.6) is 0 Å². The Bertz CT molecular complexity index is 387. The first kappa shape index (κ1) is 13.1. The molecule has 0 bridgehead atoms. The van der Waals surface area contributed by atoms with Gasteiger partial charge in [0.2, 0.25) is 0 Å². The van der Waals surface area contributed by atoms with Crippen LogP contribution in [-0.4, -0.2) is 28.9 Å². The van der Waals surface area contributed by atoms with E-state index in [1.54, 1.807) is 4.90 Å². The second-order valence-electron chi connectivity index (χ2n) is 3.41. The summed E-state index contributed by atoms with van der Waals surface area (Å²) < 4.78 is 0. The second-order valence-corrected chi connectivity index (χ2v) is 5.10. The lowest BCUT2D eigenvalue weighted by atomic mass is 10.3. The number of thiocarbonyl (C=S) groups is 1. The highest BCUT2D eigenvalue weighted by atomic mass is 32.1. The van der Waals surface area contributed by atoms with Crippen LogP contribution in [0.25, 0.3) is 0 Å². The van der Waals surface area contributed by atoms with E-state index < -0.39 is 0 Å². The Morgan fingerprint density at radius 2 is 2.19 bits per heavy atom. The third-order valence-electron chi connectivity index (χ3n) is 2.24. The largest absolute Gasteiger partial charge is 0.392 e. The molecule has 0 atom stereocenters. The molecule has 0 unspecified atom stereocenters. The summed E-state index contributed by atoms with van der Waals surface area (Å²) in [5.41, 5.74) is 5.46. The van der Waals surface area contributed by atoms with Gasteiger partial charge >= 0.3 is 0 Å². The fraction of sp³-hybridized carbons (Fsp3) is 0.455. The van der Waals surface area contributed by atoms with Gasteiger partial charge in [-0.3, -0.25) is 4.79 Å². The molecule has 3 nitrogen and oxygen atoms in total. The fourth-order valence-corrected chi connectivity index (χ4v) is 2.43. The van der Waals surface area contributed by atoms with Crippen molar-refractivity contribution >= 4 is 34.5 Å². The SMILES string of the molecule is CCc1ccc(C(=O)N(CC)CC(N)=S)s1. The van der Waals surface area contributed by atoms with Crippen LogP contribution in [-0.2, 0) is 6.42 Å². The lowest BCUT2D eigenvalue weighted by Crippen LogP contribution is -2.37. The molecule has 0 aliphatic rings. The van der Waals surface area contributed by atoms with E-state index in [-0.39, 0.29) is 5.91 Å². The molecule has 5 heteroatoms. The second kappa shape index (κ2) is 5.96. The molecule has 1 heterocycles. The van der Waals surface area contributed by atoms with Crippen LogP contribution < -0.4 is 5.73 Å². The zero-order chi connectivity index (χ0) is 12.1. The Morgan fingerprint density at radius 3 is 2.62 bits per heavy atom. The third-order valence-corrected chi connectivity index (χ3v) is 3.58. The molecule has 88 valence electrons. The quantitative estimate of drug-likeness (QED) is 0.820. The summed E-state index contributed by atoms with van der Waals surface area (Å²) in [7, 11) is 0. The average molecular weight is 256 g/mol. The maximum absolute atomic E-state index is 12.1. The van der Waals surface area contributed by atoms with Gasteiger partial charge in [-0.25, -0.2) is 0 Å². The molecule has 1 amide bonds. The number of nitrogens with two attached hydrogens (primary N) is 1. The number of carbonyl (C=O) groups is 1. The lowest BCUT2D eigenvalue weighted by molar-refractivity contribution is 0.0792. The number of rotatable bonds is 5. The molecule has 0 saturated carbocycles. The number of thiophene rings is 1. The standard InChI is InChI=1S/C11H16N2OS2/c1-3-8-5-6-9(16-8)11(14)13(4-2)7-10(12)15/h5-6H,3-4,7H2,1-2H3,(H2,12,15). The summed E-state index contributed by atoms with van der Waals surface area (Å²) in [5.74, 6) is 0.0139. The summed E-state index contributed by atoms with van der Waals surface area (Å²) in [6.45, 7) is 4.97. The minimum Gasteiger partial charge on any atom is -0.392 e. The van der Waals surface area contributed by atoms with Gasteiger partial charge in [0.1, 0.15) is 0 Å². The Balaban J connectivity index is 2.78. The Hall–Kier alpha value is -0.940. The van der Waals surface area contributed by atoms with E-state index in [2.05, 4.69) is 6.92 Å². The van der Waals surface area contributed by atoms with E-state index >= 15 is 0 Å². The monoisotopic (exact) mass is 256 g/mol. The summed E-state index contributed by atoms with van der Waals surface area (Å²) in [4.78, 5) is 16.0. The van der Waals surface area contributed by atoms with Crippen LogP contribution in [0.15, 0.2) is 12.1 Å². The van der Waals surface area contributed by atoms with Gasteiger partial charge in [-0.05, 0) is 25.5 Å². The number of hydrogen-bond donors (Lipinski definition) is 1. The number of likely N-dealkylation sites (N-methyl/N-ethyl adjacent to an activating group) is 1. The molecule has 16 heavy (non-hydrogen) atoms. The van der Waals surface area contributed by atoms with Gasteiger partial charge in [-0.1, -0.05) is 19.1 Å².